The maximum absolute atomic E-state index is 13.5. The Kier molecular flexibility index (Phi) is 5.94. The second-order valence-electron chi connectivity index (χ2n) is 4.56. The molecule has 0 saturated heterocycles. The van der Waals surface area contributed by atoms with Crippen LogP contribution in [-0.2, 0) is 19.9 Å². The van der Waals surface area contributed by atoms with E-state index >= 15 is 0 Å². The highest BCUT2D eigenvalue weighted by Gasteiger charge is 2.64. The van der Waals surface area contributed by atoms with E-state index in [-0.39, 0.29) is 6.42 Å². The molecule has 0 bridgehead atoms. The first-order valence-corrected chi connectivity index (χ1v) is 6.61. The third-order valence-electron chi connectivity index (χ3n) is 3.12. The first kappa shape index (κ1) is 18.0. The first-order chi connectivity index (χ1) is 10.3. The monoisotopic (exact) mass is 315 g/mol. The number of carbonyl (C=O) groups excluding carboxylic acids is 1. The topological polar surface area (TPSA) is 59.3 Å². The number of benzene rings is 1. The van der Waals surface area contributed by atoms with Gasteiger partial charge in [-0.05, 0) is 6.42 Å². The van der Waals surface area contributed by atoms with Gasteiger partial charge in [-0.15, -0.1) is 0 Å². The molecule has 7 heteroatoms. The molecule has 1 rings (SSSR count). The molecule has 0 amide bonds. The summed E-state index contributed by atoms with van der Waals surface area (Å²) in [6, 6.07) is 8.14. The molecule has 2 atom stereocenters. The number of carbonyl (C=O) groups is 1. The van der Waals surface area contributed by atoms with E-state index in [2.05, 4.69) is 4.74 Å². The smallest absolute Gasteiger partial charge is 0.432 e. The van der Waals surface area contributed by atoms with E-state index in [1.54, 1.807) is 13.0 Å². The molecule has 0 unspecified atom stereocenters. The molecule has 1 aromatic carbocycles. The number of nitrogens with zero attached hydrogens (tertiary/aromatic N) is 1. The number of nitriles is 1. The Morgan fingerprint density at radius 1 is 1.32 bits per heavy atom. The van der Waals surface area contributed by atoms with Crippen molar-refractivity contribution >= 4 is 5.97 Å². The summed E-state index contributed by atoms with van der Waals surface area (Å²) in [6.45, 7) is 1.72. The number of hydrogen-bond acceptors (Lipinski definition) is 4. The van der Waals surface area contributed by atoms with Crippen molar-refractivity contribution in [3.05, 3.63) is 35.9 Å². The van der Waals surface area contributed by atoms with Crippen molar-refractivity contribution in [2.75, 3.05) is 7.11 Å². The van der Waals surface area contributed by atoms with Crippen LogP contribution in [0.3, 0.4) is 0 Å². The Morgan fingerprint density at radius 3 is 2.32 bits per heavy atom. The van der Waals surface area contributed by atoms with Crippen LogP contribution < -0.4 is 0 Å². The largest absolute Gasteiger partial charge is 0.444 e. The van der Waals surface area contributed by atoms with Crippen molar-refractivity contribution < 1.29 is 27.4 Å². The summed E-state index contributed by atoms with van der Waals surface area (Å²) >= 11 is 0. The van der Waals surface area contributed by atoms with Crippen molar-refractivity contribution in [1.29, 1.82) is 5.26 Å². The maximum Gasteiger partial charge on any atom is 0.432 e. The highest BCUT2D eigenvalue weighted by atomic mass is 19.4. The standard InChI is InChI=1S/C15H16F3NO3/c1-3-7-12(10-19)22-13(20)14(21-2,15(16,17)18)11-8-5-4-6-9-11/h4-6,8-9,12H,3,7H2,1-2H3/t12-,14-/m0/s1. The molecular weight excluding hydrogens is 299 g/mol. The molecule has 0 fully saturated rings. The average molecular weight is 315 g/mol. The fraction of sp³-hybridized carbons (Fsp3) is 0.467. The molecule has 1 aromatic rings. The molecule has 0 radical (unpaired) electrons. The Labute approximate surface area is 126 Å². The van der Waals surface area contributed by atoms with Crippen LogP contribution in [0.15, 0.2) is 30.3 Å². The van der Waals surface area contributed by atoms with Gasteiger partial charge >= 0.3 is 12.1 Å². The molecule has 0 aromatic heterocycles. The summed E-state index contributed by atoms with van der Waals surface area (Å²) in [5.74, 6) is -1.64. The maximum atomic E-state index is 13.5. The minimum atomic E-state index is -5.04. The van der Waals surface area contributed by atoms with Crippen molar-refractivity contribution in [2.24, 2.45) is 0 Å². The van der Waals surface area contributed by atoms with Gasteiger partial charge in [0.25, 0.3) is 5.60 Å². The molecule has 4 nitrogen and oxygen atoms in total. The summed E-state index contributed by atoms with van der Waals surface area (Å²) in [7, 11) is 0.781. The lowest BCUT2D eigenvalue weighted by atomic mass is 9.92. The Bertz CT molecular complexity index is 539. The number of rotatable bonds is 6. The van der Waals surface area contributed by atoms with E-state index in [0.29, 0.717) is 6.42 Å². The molecule has 120 valence electrons. The van der Waals surface area contributed by atoms with Crippen LogP contribution in [0, 0.1) is 11.3 Å². The minimum Gasteiger partial charge on any atom is -0.444 e. The van der Waals surface area contributed by atoms with Gasteiger partial charge in [0.2, 0.25) is 0 Å². The first-order valence-electron chi connectivity index (χ1n) is 6.61. The summed E-state index contributed by atoms with van der Waals surface area (Å²) in [5, 5.41) is 8.87. The number of esters is 1. The fourth-order valence-corrected chi connectivity index (χ4v) is 2.01. The Morgan fingerprint density at radius 2 is 1.91 bits per heavy atom. The molecule has 0 spiro atoms. The molecule has 0 aliphatic rings. The number of halogens is 3. The van der Waals surface area contributed by atoms with Gasteiger partial charge in [0.05, 0.1) is 0 Å². The van der Waals surface area contributed by atoms with E-state index in [9.17, 15) is 18.0 Å². The second-order valence-corrected chi connectivity index (χ2v) is 4.56. The van der Waals surface area contributed by atoms with Crippen LogP contribution >= 0.6 is 0 Å². The van der Waals surface area contributed by atoms with E-state index in [1.165, 1.54) is 18.2 Å². The zero-order valence-electron chi connectivity index (χ0n) is 12.2. The lowest BCUT2D eigenvalue weighted by Crippen LogP contribution is -2.52. The van der Waals surface area contributed by atoms with Gasteiger partial charge in [-0.25, -0.2) is 4.79 Å². The Hall–Kier alpha value is -2.07. The van der Waals surface area contributed by atoms with Crippen molar-refractivity contribution in [3.63, 3.8) is 0 Å². The summed E-state index contributed by atoms with van der Waals surface area (Å²) in [6.07, 6.45) is -5.65. The molecule has 0 N–H and O–H groups in total. The van der Waals surface area contributed by atoms with Crippen LogP contribution in [0.1, 0.15) is 25.3 Å². The van der Waals surface area contributed by atoms with Crippen molar-refractivity contribution in [1.82, 2.24) is 0 Å². The van der Waals surface area contributed by atoms with Crippen molar-refractivity contribution in [2.45, 2.75) is 37.6 Å². The highest BCUT2D eigenvalue weighted by Crippen LogP contribution is 2.43. The van der Waals surface area contributed by atoms with Gasteiger partial charge < -0.3 is 9.47 Å². The van der Waals surface area contributed by atoms with E-state index in [1.807, 2.05) is 0 Å². The molecule has 0 heterocycles. The number of alkyl halides is 3. The third-order valence-corrected chi connectivity index (χ3v) is 3.12. The summed E-state index contributed by atoms with van der Waals surface area (Å²) in [4.78, 5) is 12.2. The molecule has 0 aliphatic carbocycles. The van der Waals surface area contributed by atoms with E-state index in [0.717, 1.165) is 19.2 Å². The second kappa shape index (κ2) is 7.27. The lowest BCUT2D eigenvalue weighted by Gasteiger charge is -2.32. The van der Waals surface area contributed by atoms with Crippen LogP contribution in [0.4, 0.5) is 13.2 Å². The lowest BCUT2D eigenvalue weighted by molar-refractivity contribution is -0.277. The van der Waals surface area contributed by atoms with Gasteiger partial charge in [0.1, 0.15) is 6.07 Å². The summed E-state index contributed by atoms with van der Waals surface area (Å²) in [5.41, 5.74) is -3.65. The normalized spacial score (nSPS) is 15.5. The molecular formula is C15H16F3NO3. The predicted molar refractivity (Wildman–Crippen MR) is 71.6 cm³/mol. The number of methoxy groups -OCH3 is 1. The highest BCUT2D eigenvalue weighted by molar-refractivity contribution is 5.83. The van der Waals surface area contributed by atoms with Crippen LogP contribution in [0.5, 0.6) is 0 Å². The van der Waals surface area contributed by atoms with Crippen molar-refractivity contribution in [3.8, 4) is 6.07 Å². The molecule has 22 heavy (non-hydrogen) atoms. The SMILES string of the molecule is CCC[C@@H](C#N)OC(=O)[C@@](OC)(c1ccccc1)C(F)(F)F. The van der Waals surface area contributed by atoms with Gasteiger partial charge in [-0.3, -0.25) is 0 Å². The van der Waals surface area contributed by atoms with Gasteiger partial charge in [-0.2, -0.15) is 18.4 Å². The van der Waals surface area contributed by atoms with E-state index < -0.39 is 29.4 Å². The third kappa shape index (κ3) is 3.39. The quantitative estimate of drug-likeness (QED) is 0.756. The molecule has 0 aliphatic heterocycles. The van der Waals surface area contributed by atoms with Crippen LogP contribution in [-0.4, -0.2) is 25.4 Å². The number of ether oxygens (including phenoxy) is 2. The summed E-state index contributed by atoms with van der Waals surface area (Å²) < 4.78 is 49.9. The van der Waals surface area contributed by atoms with Crippen LogP contribution in [0.2, 0.25) is 0 Å². The fourth-order valence-electron chi connectivity index (χ4n) is 2.01. The van der Waals surface area contributed by atoms with Gasteiger partial charge in [0, 0.05) is 12.7 Å². The predicted octanol–water partition coefficient (Wildman–Crippen LogP) is 3.33. The Balaban J connectivity index is 3.28. The van der Waals surface area contributed by atoms with Gasteiger partial charge in [-0.1, -0.05) is 43.7 Å². The van der Waals surface area contributed by atoms with Crippen LogP contribution in [0.25, 0.3) is 0 Å². The number of hydrogen-bond donors (Lipinski definition) is 0. The van der Waals surface area contributed by atoms with Gasteiger partial charge in [0.15, 0.2) is 6.10 Å². The zero-order chi connectivity index (χ0) is 16.8. The average Bonchev–Trinajstić information content (AvgIpc) is 2.47. The molecule has 0 saturated carbocycles. The minimum absolute atomic E-state index is 0.148. The zero-order valence-corrected chi connectivity index (χ0v) is 12.2. The van der Waals surface area contributed by atoms with E-state index in [4.69, 9.17) is 10.00 Å².